The average molecular weight is 230 g/mol. The van der Waals surface area contributed by atoms with Gasteiger partial charge in [0.25, 0.3) is 0 Å². The molecule has 1 atom stereocenters. The Morgan fingerprint density at radius 1 is 1.47 bits per heavy atom. The third-order valence-electron chi connectivity index (χ3n) is 3.44. The van der Waals surface area contributed by atoms with Gasteiger partial charge in [0.05, 0.1) is 5.69 Å². The molecule has 0 saturated carbocycles. The average Bonchev–Trinajstić information content (AvgIpc) is 2.96. The second kappa shape index (κ2) is 4.45. The van der Waals surface area contributed by atoms with Crippen molar-refractivity contribution in [3.63, 3.8) is 0 Å². The number of aryl methyl sites for hydroxylation is 1. The molecular weight excluding hydrogens is 212 g/mol. The molecule has 3 rings (SSSR count). The molecule has 17 heavy (non-hydrogen) atoms. The minimum Gasteiger partial charge on any atom is -0.314 e. The lowest BCUT2D eigenvalue weighted by atomic mass is 10.1. The number of fused-ring (bicyclic) bond motifs is 1. The van der Waals surface area contributed by atoms with Crippen LogP contribution in [0.3, 0.4) is 0 Å². The van der Waals surface area contributed by atoms with Gasteiger partial charge in [-0.2, -0.15) is 0 Å². The molecule has 1 fully saturated rings. The van der Waals surface area contributed by atoms with E-state index >= 15 is 0 Å². The van der Waals surface area contributed by atoms with Crippen LogP contribution in [0.15, 0.2) is 18.6 Å². The van der Waals surface area contributed by atoms with Crippen molar-refractivity contribution in [2.24, 2.45) is 0 Å². The normalized spacial score (nSPS) is 20.2. The molecule has 0 spiro atoms. The fourth-order valence-corrected chi connectivity index (χ4v) is 2.44. The predicted octanol–water partition coefficient (Wildman–Crippen LogP) is 1.59. The van der Waals surface area contributed by atoms with Crippen LogP contribution in [0.25, 0.3) is 5.78 Å². The van der Waals surface area contributed by atoms with Crippen molar-refractivity contribution >= 4 is 5.78 Å². The summed E-state index contributed by atoms with van der Waals surface area (Å²) in [6.07, 6.45) is 10.7. The van der Waals surface area contributed by atoms with Crippen LogP contribution in [-0.4, -0.2) is 27.0 Å². The van der Waals surface area contributed by atoms with Gasteiger partial charge in [0, 0.05) is 31.1 Å². The lowest BCUT2D eigenvalue weighted by molar-refractivity contribution is 0.597. The van der Waals surface area contributed by atoms with E-state index in [-0.39, 0.29) is 0 Å². The number of rotatable bonds is 3. The van der Waals surface area contributed by atoms with Gasteiger partial charge >= 0.3 is 0 Å². The summed E-state index contributed by atoms with van der Waals surface area (Å²) < 4.78 is 2.04. The van der Waals surface area contributed by atoms with Crippen molar-refractivity contribution in [3.8, 4) is 0 Å². The lowest BCUT2D eigenvalue weighted by Gasteiger charge is -2.06. The highest BCUT2D eigenvalue weighted by Crippen LogP contribution is 2.12. The van der Waals surface area contributed by atoms with E-state index in [4.69, 9.17) is 0 Å². The third-order valence-corrected chi connectivity index (χ3v) is 3.44. The molecule has 0 aromatic carbocycles. The van der Waals surface area contributed by atoms with E-state index in [9.17, 15) is 0 Å². The van der Waals surface area contributed by atoms with Crippen LogP contribution in [0, 0.1) is 0 Å². The molecule has 0 aliphatic carbocycles. The van der Waals surface area contributed by atoms with Crippen molar-refractivity contribution in [2.75, 3.05) is 6.54 Å². The number of nitrogens with zero attached hydrogens (tertiary/aromatic N) is 3. The molecule has 1 unspecified atom stereocenters. The number of nitrogens with one attached hydrogen (secondary N) is 1. The Bertz CT molecular complexity index is 511. The first-order valence-electron chi connectivity index (χ1n) is 6.41. The van der Waals surface area contributed by atoms with Gasteiger partial charge in [-0.05, 0) is 31.4 Å². The van der Waals surface area contributed by atoms with Gasteiger partial charge < -0.3 is 5.32 Å². The summed E-state index contributed by atoms with van der Waals surface area (Å²) in [6.45, 7) is 3.29. The molecule has 3 heterocycles. The summed E-state index contributed by atoms with van der Waals surface area (Å²) >= 11 is 0. The Labute approximate surface area is 101 Å². The summed E-state index contributed by atoms with van der Waals surface area (Å²) in [4.78, 5) is 8.94. The molecule has 90 valence electrons. The minimum atomic E-state index is 0.602. The smallest absolute Gasteiger partial charge is 0.233 e. The second-order valence-corrected chi connectivity index (χ2v) is 4.75. The van der Waals surface area contributed by atoms with Crippen molar-refractivity contribution in [2.45, 2.75) is 38.6 Å². The zero-order valence-corrected chi connectivity index (χ0v) is 10.2. The van der Waals surface area contributed by atoms with Gasteiger partial charge in [0.1, 0.15) is 0 Å². The number of imidazole rings is 1. The van der Waals surface area contributed by atoms with Gasteiger partial charge in [-0.15, -0.1) is 0 Å². The Morgan fingerprint density at radius 3 is 3.18 bits per heavy atom. The molecule has 4 heteroatoms. The maximum atomic E-state index is 4.56. The molecule has 0 amide bonds. The van der Waals surface area contributed by atoms with Crippen LogP contribution in [0.4, 0.5) is 0 Å². The summed E-state index contributed by atoms with van der Waals surface area (Å²) in [5, 5.41) is 3.50. The molecule has 0 radical (unpaired) electrons. The number of hydrogen-bond acceptors (Lipinski definition) is 3. The van der Waals surface area contributed by atoms with Crippen LogP contribution in [-0.2, 0) is 12.8 Å². The highest BCUT2D eigenvalue weighted by molar-refractivity contribution is 5.32. The number of aromatic nitrogens is 3. The number of hydrogen-bond donors (Lipinski definition) is 1. The van der Waals surface area contributed by atoms with Crippen LogP contribution in [0.2, 0.25) is 0 Å². The quantitative estimate of drug-likeness (QED) is 0.870. The highest BCUT2D eigenvalue weighted by atomic mass is 15.1. The van der Waals surface area contributed by atoms with Gasteiger partial charge in [-0.1, -0.05) is 6.92 Å². The molecule has 1 saturated heterocycles. The topological polar surface area (TPSA) is 42.2 Å². The zero-order valence-electron chi connectivity index (χ0n) is 10.2. The summed E-state index contributed by atoms with van der Waals surface area (Å²) in [7, 11) is 0. The minimum absolute atomic E-state index is 0.602. The standard InChI is InChI=1S/C13H18N4/c1-2-10-7-15-13-16-12(9-17(13)8-10)6-11-4-3-5-14-11/h7-9,11,14H,2-6H2,1H3. The zero-order chi connectivity index (χ0) is 11.7. The van der Waals surface area contributed by atoms with Crippen molar-refractivity contribution in [3.05, 3.63) is 29.8 Å². The Kier molecular flexibility index (Phi) is 2.81. The summed E-state index contributed by atoms with van der Waals surface area (Å²) in [6, 6.07) is 0.602. The SMILES string of the molecule is CCc1cnc2nc(CC3CCCN3)cn2c1. The lowest BCUT2D eigenvalue weighted by Crippen LogP contribution is -2.23. The highest BCUT2D eigenvalue weighted by Gasteiger charge is 2.16. The van der Waals surface area contributed by atoms with Crippen LogP contribution >= 0.6 is 0 Å². The van der Waals surface area contributed by atoms with E-state index in [1.807, 2.05) is 10.6 Å². The van der Waals surface area contributed by atoms with Gasteiger partial charge in [0.15, 0.2) is 0 Å². The Balaban J connectivity index is 1.85. The monoisotopic (exact) mass is 230 g/mol. The van der Waals surface area contributed by atoms with E-state index in [0.717, 1.165) is 30.9 Å². The first-order chi connectivity index (χ1) is 8.35. The van der Waals surface area contributed by atoms with Crippen molar-refractivity contribution < 1.29 is 0 Å². The maximum absolute atomic E-state index is 4.56. The molecule has 0 bridgehead atoms. The van der Waals surface area contributed by atoms with Crippen molar-refractivity contribution in [1.29, 1.82) is 0 Å². The van der Waals surface area contributed by atoms with E-state index in [2.05, 4.69) is 34.6 Å². The van der Waals surface area contributed by atoms with Gasteiger partial charge in [-0.25, -0.2) is 9.97 Å². The van der Waals surface area contributed by atoms with Gasteiger partial charge in [-0.3, -0.25) is 4.40 Å². The second-order valence-electron chi connectivity index (χ2n) is 4.75. The summed E-state index contributed by atoms with van der Waals surface area (Å²) in [5.74, 6) is 0.815. The molecule has 2 aromatic rings. The molecule has 2 aromatic heterocycles. The fraction of sp³-hybridized carbons (Fsp3) is 0.538. The first kappa shape index (κ1) is 10.7. The molecular formula is C13H18N4. The predicted molar refractivity (Wildman–Crippen MR) is 67.1 cm³/mol. The van der Waals surface area contributed by atoms with Crippen LogP contribution < -0.4 is 5.32 Å². The maximum Gasteiger partial charge on any atom is 0.233 e. The van der Waals surface area contributed by atoms with E-state index in [0.29, 0.717) is 6.04 Å². The molecule has 4 nitrogen and oxygen atoms in total. The van der Waals surface area contributed by atoms with Crippen molar-refractivity contribution in [1.82, 2.24) is 19.7 Å². The summed E-state index contributed by atoms with van der Waals surface area (Å²) in [5.41, 5.74) is 2.39. The van der Waals surface area contributed by atoms with E-state index in [1.54, 1.807) is 0 Å². The first-order valence-corrected chi connectivity index (χ1v) is 6.41. The Morgan fingerprint density at radius 2 is 2.41 bits per heavy atom. The van der Waals surface area contributed by atoms with Gasteiger partial charge in [0.2, 0.25) is 5.78 Å². The third kappa shape index (κ3) is 2.17. The largest absolute Gasteiger partial charge is 0.314 e. The molecule has 1 aliphatic heterocycles. The van der Waals surface area contributed by atoms with E-state index in [1.165, 1.54) is 18.4 Å². The fourth-order valence-electron chi connectivity index (χ4n) is 2.44. The molecule has 1 N–H and O–H groups in total. The molecule has 1 aliphatic rings. The van der Waals surface area contributed by atoms with Crippen LogP contribution in [0.1, 0.15) is 31.0 Å². The Hall–Kier alpha value is -1.42. The van der Waals surface area contributed by atoms with Crippen LogP contribution in [0.5, 0.6) is 0 Å². The van der Waals surface area contributed by atoms with E-state index < -0.39 is 0 Å².